The lowest BCUT2D eigenvalue weighted by Crippen LogP contribution is -2.36. The van der Waals surface area contributed by atoms with Gasteiger partial charge in [-0.05, 0) is 11.8 Å². The van der Waals surface area contributed by atoms with E-state index in [0.717, 1.165) is 13.0 Å². The zero-order chi connectivity index (χ0) is 12.6. The molecule has 16 heavy (non-hydrogen) atoms. The molecule has 0 aliphatic rings. The maximum Gasteiger partial charge on any atom is 0.306 e. The highest BCUT2D eigenvalue weighted by Gasteiger charge is 2.18. The molecule has 0 fully saturated rings. The number of carboxylic acid groups (broad SMARTS) is 1. The van der Waals surface area contributed by atoms with Crippen molar-refractivity contribution in [2.45, 2.75) is 32.8 Å². The number of ether oxygens (including phenoxy) is 1. The zero-order valence-corrected chi connectivity index (χ0v) is 10.3. The first-order chi connectivity index (χ1) is 7.37. The van der Waals surface area contributed by atoms with Gasteiger partial charge in [0.2, 0.25) is 0 Å². The number of aliphatic hydroxyl groups is 1. The standard InChI is InChI=1S/C11H23NO4/c1-11(2,4-5-16-3)8-12-7-9(13)6-10(14)15/h9,12-13H,4-8H2,1-3H3,(H,14,15). The van der Waals surface area contributed by atoms with Crippen LogP contribution in [0.15, 0.2) is 0 Å². The lowest BCUT2D eigenvalue weighted by Gasteiger charge is -2.25. The topological polar surface area (TPSA) is 78.8 Å². The molecule has 5 nitrogen and oxygen atoms in total. The number of nitrogens with one attached hydrogen (secondary N) is 1. The number of rotatable bonds is 9. The van der Waals surface area contributed by atoms with Gasteiger partial charge >= 0.3 is 5.97 Å². The molecule has 0 spiro atoms. The van der Waals surface area contributed by atoms with E-state index in [4.69, 9.17) is 9.84 Å². The van der Waals surface area contributed by atoms with E-state index < -0.39 is 12.1 Å². The molecule has 0 aromatic heterocycles. The lowest BCUT2D eigenvalue weighted by atomic mass is 9.89. The summed E-state index contributed by atoms with van der Waals surface area (Å²) in [4.78, 5) is 10.3. The summed E-state index contributed by atoms with van der Waals surface area (Å²) in [5.41, 5.74) is 0.0823. The molecule has 0 saturated carbocycles. The van der Waals surface area contributed by atoms with Gasteiger partial charge in [0.05, 0.1) is 12.5 Å². The predicted octanol–water partition coefficient (Wildman–Crippen LogP) is 0.474. The quantitative estimate of drug-likeness (QED) is 0.539. The van der Waals surface area contributed by atoms with Crippen LogP contribution in [0.4, 0.5) is 0 Å². The van der Waals surface area contributed by atoms with Gasteiger partial charge in [-0.15, -0.1) is 0 Å². The van der Waals surface area contributed by atoms with Crippen LogP contribution in [0.25, 0.3) is 0 Å². The summed E-state index contributed by atoms with van der Waals surface area (Å²) in [7, 11) is 1.67. The first-order valence-electron chi connectivity index (χ1n) is 5.47. The minimum absolute atomic E-state index is 0.0823. The number of carboxylic acids is 1. The number of hydrogen-bond donors (Lipinski definition) is 3. The van der Waals surface area contributed by atoms with Crippen LogP contribution in [0.3, 0.4) is 0 Å². The summed E-state index contributed by atoms with van der Waals surface area (Å²) in [5.74, 6) is -0.979. The van der Waals surface area contributed by atoms with E-state index >= 15 is 0 Å². The molecule has 1 atom stereocenters. The molecule has 0 bridgehead atoms. The Morgan fingerprint density at radius 3 is 2.62 bits per heavy atom. The van der Waals surface area contributed by atoms with E-state index in [-0.39, 0.29) is 11.8 Å². The summed E-state index contributed by atoms with van der Waals surface area (Å²) in [6.07, 6.45) is -0.118. The number of hydrogen-bond acceptors (Lipinski definition) is 4. The maximum absolute atomic E-state index is 10.3. The Bertz CT molecular complexity index is 206. The van der Waals surface area contributed by atoms with E-state index in [1.54, 1.807) is 7.11 Å². The second-order valence-electron chi connectivity index (χ2n) is 4.79. The molecule has 0 radical (unpaired) electrons. The highest BCUT2D eigenvalue weighted by atomic mass is 16.5. The van der Waals surface area contributed by atoms with Crippen molar-refractivity contribution in [1.29, 1.82) is 0 Å². The first-order valence-corrected chi connectivity index (χ1v) is 5.47. The van der Waals surface area contributed by atoms with Gasteiger partial charge in [-0.3, -0.25) is 4.79 Å². The third-order valence-corrected chi connectivity index (χ3v) is 2.38. The fourth-order valence-electron chi connectivity index (χ4n) is 1.32. The van der Waals surface area contributed by atoms with Crippen LogP contribution in [0, 0.1) is 5.41 Å². The number of methoxy groups -OCH3 is 1. The molecule has 0 aliphatic carbocycles. The Morgan fingerprint density at radius 1 is 1.50 bits per heavy atom. The summed E-state index contributed by atoms with van der Waals surface area (Å²) in [6, 6.07) is 0. The third kappa shape index (κ3) is 8.64. The first kappa shape index (κ1) is 15.3. The van der Waals surface area contributed by atoms with Crippen LogP contribution >= 0.6 is 0 Å². The molecule has 0 aromatic carbocycles. The van der Waals surface area contributed by atoms with Gasteiger partial charge in [0.15, 0.2) is 0 Å². The van der Waals surface area contributed by atoms with E-state index in [1.807, 2.05) is 0 Å². The van der Waals surface area contributed by atoms with E-state index in [9.17, 15) is 9.90 Å². The minimum atomic E-state index is -0.979. The normalized spacial score (nSPS) is 13.8. The Labute approximate surface area is 96.8 Å². The largest absolute Gasteiger partial charge is 0.481 e. The summed E-state index contributed by atoms with van der Waals surface area (Å²) in [5, 5.41) is 20.9. The summed E-state index contributed by atoms with van der Waals surface area (Å²) in [6.45, 7) is 5.94. The molecule has 0 saturated heterocycles. The number of carbonyl (C=O) groups is 1. The van der Waals surface area contributed by atoms with Crippen molar-refractivity contribution in [2.24, 2.45) is 5.41 Å². The second kappa shape index (κ2) is 7.60. The van der Waals surface area contributed by atoms with Crippen LogP contribution in [0.2, 0.25) is 0 Å². The van der Waals surface area contributed by atoms with Gasteiger partial charge < -0.3 is 20.3 Å². The van der Waals surface area contributed by atoms with E-state index in [1.165, 1.54) is 0 Å². The average molecular weight is 233 g/mol. The van der Waals surface area contributed by atoms with E-state index in [2.05, 4.69) is 19.2 Å². The molecule has 0 heterocycles. The number of aliphatic carboxylic acids is 1. The second-order valence-corrected chi connectivity index (χ2v) is 4.79. The zero-order valence-electron chi connectivity index (χ0n) is 10.3. The Hall–Kier alpha value is -0.650. The van der Waals surface area contributed by atoms with Gasteiger partial charge in [-0.25, -0.2) is 0 Å². The van der Waals surface area contributed by atoms with Crippen LogP contribution in [0.1, 0.15) is 26.7 Å². The minimum Gasteiger partial charge on any atom is -0.481 e. The number of aliphatic hydroxyl groups excluding tert-OH is 1. The van der Waals surface area contributed by atoms with Crippen molar-refractivity contribution in [1.82, 2.24) is 5.32 Å². The molecule has 3 N–H and O–H groups in total. The van der Waals surface area contributed by atoms with Crippen molar-refractivity contribution >= 4 is 5.97 Å². The molecule has 0 aromatic rings. The highest BCUT2D eigenvalue weighted by molar-refractivity contribution is 5.67. The Kier molecular flexibility index (Phi) is 7.29. The smallest absolute Gasteiger partial charge is 0.306 e. The lowest BCUT2D eigenvalue weighted by molar-refractivity contribution is -0.139. The summed E-state index contributed by atoms with van der Waals surface area (Å²) < 4.78 is 5.00. The van der Waals surface area contributed by atoms with Gasteiger partial charge in [0.25, 0.3) is 0 Å². The maximum atomic E-state index is 10.3. The van der Waals surface area contributed by atoms with Crippen molar-refractivity contribution in [3.63, 3.8) is 0 Å². The van der Waals surface area contributed by atoms with Crippen molar-refractivity contribution in [2.75, 3.05) is 26.8 Å². The van der Waals surface area contributed by atoms with Crippen molar-refractivity contribution in [3.05, 3.63) is 0 Å². The average Bonchev–Trinajstić information content (AvgIpc) is 2.13. The molecule has 5 heteroatoms. The molecule has 1 unspecified atom stereocenters. The molecule has 0 amide bonds. The van der Waals surface area contributed by atoms with Gasteiger partial charge in [0.1, 0.15) is 0 Å². The van der Waals surface area contributed by atoms with Crippen LogP contribution < -0.4 is 5.32 Å². The highest BCUT2D eigenvalue weighted by Crippen LogP contribution is 2.18. The van der Waals surface area contributed by atoms with Gasteiger partial charge in [0, 0.05) is 26.8 Å². The predicted molar refractivity (Wildman–Crippen MR) is 61.4 cm³/mol. The van der Waals surface area contributed by atoms with Crippen LogP contribution in [-0.4, -0.2) is 49.1 Å². The fourth-order valence-corrected chi connectivity index (χ4v) is 1.32. The van der Waals surface area contributed by atoms with Crippen molar-refractivity contribution < 1.29 is 19.7 Å². The molecule has 0 aliphatic heterocycles. The summed E-state index contributed by atoms with van der Waals surface area (Å²) >= 11 is 0. The SMILES string of the molecule is COCCC(C)(C)CNCC(O)CC(=O)O. The molecule has 0 rings (SSSR count). The van der Waals surface area contributed by atoms with Crippen LogP contribution in [-0.2, 0) is 9.53 Å². The van der Waals surface area contributed by atoms with Gasteiger partial charge in [-0.1, -0.05) is 13.8 Å². The van der Waals surface area contributed by atoms with Crippen LogP contribution in [0.5, 0.6) is 0 Å². The third-order valence-electron chi connectivity index (χ3n) is 2.38. The Morgan fingerprint density at radius 2 is 2.12 bits per heavy atom. The molecule has 96 valence electrons. The Balaban J connectivity index is 3.66. The van der Waals surface area contributed by atoms with Gasteiger partial charge in [-0.2, -0.15) is 0 Å². The fraction of sp³-hybridized carbons (Fsp3) is 0.909. The monoisotopic (exact) mass is 233 g/mol. The molecular formula is C11H23NO4. The molecular weight excluding hydrogens is 210 g/mol. The van der Waals surface area contributed by atoms with Crippen molar-refractivity contribution in [3.8, 4) is 0 Å². The van der Waals surface area contributed by atoms with E-state index in [0.29, 0.717) is 13.2 Å².